The van der Waals surface area contributed by atoms with E-state index in [9.17, 15) is 9.59 Å². The smallest absolute Gasteiger partial charge is 0.314 e. The summed E-state index contributed by atoms with van der Waals surface area (Å²) in [4.78, 5) is 26.1. The maximum Gasteiger partial charge on any atom is 0.314 e. The van der Waals surface area contributed by atoms with Crippen LogP contribution in [0.3, 0.4) is 0 Å². The Labute approximate surface area is 111 Å². The highest BCUT2D eigenvalue weighted by atomic mass is 16.4. The van der Waals surface area contributed by atoms with Crippen LogP contribution < -0.4 is 10.6 Å². The number of hydrogen-bond acceptors (Lipinski definition) is 4. The zero-order chi connectivity index (χ0) is 14.1. The summed E-state index contributed by atoms with van der Waals surface area (Å²) in [5, 5.41) is 20.5. The Kier molecular flexibility index (Phi) is 6.34. The Morgan fingerprint density at radius 2 is 2.26 bits per heavy atom. The number of urea groups is 1. The number of carbonyl (C=O) groups is 2. The quantitative estimate of drug-likeness (QED) is 0.501. The van der Waals surface area contributed by atoms with Gasteiger partial charge >= 0.3 is 12.0 Å². The second kappa shape index (κ2) is 8.06. The molecule has 19 heavy (non-hydrogen) atoms. The van der Waals surface area contributed by atoms with Gasteiger partial charge in [0.05, 0.1) is 5.92 Å². The lowest BCUT2D eigenvalue weighted by Crippen LogP contribution is -2.40. The van der Waals surface area contributed by atoms with Crippen molar-refractivity contribution < 1.29 is 14.7 Å². The fraction of sp³-hybridized carbons (Fsp3) is 0.636. The number of aromatic amines is 1. The minimum absolute atomic E-state index is 0.139. The molecule has 1 aromatic rings. The van der Waals surface area contributed by atoms with Crippen LogP contribution in [0, 0.1) is 5.92 Å². The van der Waals surface area contributed by atoms with Crippen LogP contribution in [0.1, 0.15) is 25.6 Å². The monoisotopic (exact) mass is 269 g/mol. The molecule has 0 saturated carbocycles. The van der Waals surface area contributed by atoms with Crippen molar-refractivity contribution in [2.24, 2.45) is 5.92 Å². The lowest BCUT2D eigenvalue weighted by molar-refractivity contribution is -0.141. The summed E-state index contributed by atoms with van der Waals surface area (Å²) < 4.78 is 0. The number of aromatic nitrogens is 3. The number of hydrogen-bond donors (Lipinski definition) is 4. The second-order valence-corrected chi connectivity index (χ2v) is 4.12. The Morgan fingerprint density at radius 3 is 2.84 bits per heavy atom. The Hall–Kier alpha value is -2.12. The third kappa shape index (κ3) is 5.84. The minimum atomic E-state index is -0.895. The SMILES string of the molecule is CCC(CNC(=O)NCCCc1ncn[nH]1)C(=O)O. The van der Waals surface area contributed by atoms with E-state index in [2.05, 4.69) is 25.8 Å². The predicted octanol–water partition coefficient (Wildman–Crippen LogP) is 0.147. The predicted molar refractivity (Wildman–Crippen MR) is 67.5 cm³/mol. The summed E-state index contributed by atoms with van der Waals surface area (Å²) >= 11 is 0. The molecule has 1 heterocycles. The van der Waals surface area contributed by atoms with E-state index < -0.39 is 11.9 Å². The fourth-order valence-corrected chi connectivity index (χ4v) is 1.49. The molecule has 0 aliphatic rings. The number of nitrogens with one attached hydrogen (secondary N) is 3. The van der Waals surface area contributed by atoms with Crippen molar-refractivity contribution in [3.05, 3.63) is 12.2 Å². The van der Waals surface area contributed by atoms with Gasteiger partial charge in [0.2, 0.25) is 0 Å². The lowest BCUT2D eigenvalue weighted by Gasteiger charge is -2.11. The number of nitrogens with zero attached hydrogens (tertiary/aromatic N) is 2. The molecular weight excluding hydrogens is 250 g/mol. The fourth-order valence-electron chi connectivity index (χ4n) is 1.49. The summed E-state index contributed by atoms with van der Waals surface area (Å²) in [6.07, 6.45) is 3.36. The molecule has 1 unspecified atom stereocenters. The van der Waals surface area contributed by atoms with Crippen LogP contribution >= 0.6 is 0 Å². The Bertz CT molecular complexity index is 393. The molecule has 1 rings (SSSR count). The van der Waals surface area contributed by atoms with E-state index in [1.165, 1.54) is 6.33 Å². The zero-order valence-corrected chi connectivity index (χ0v) is 10.8. The summed E-state index contributed by atoms with van der Waals surface area (Å²) in [7, 11) is 0. The molecule has 8 heteroatoms. The largest absolute Gasteiger partial charge is 0.481 e. The normalized spacial score (nSPS) is 11.8. The number of aliphatic carboxylic acids is 1. The van der Waals surface area contributed by atoms with Crippen molar-refractivity contribution >= 4 is 12.0 Å². The van der Waals surface area contributed by atoms with E-state index in [4.69, 9.17) is 5.11 Å². The van der Waals surface area contributed by atoms with Gasteiger partial charge in [-0.2, -0.15) is 5.10 Å². The van der Waals surface area contributed by atoms with Gasteiger partial charge in [0.1, 0.15) is 12.2 Å². The maximum atomic E-state index is 11.4. The average Bonchev–Trinajstić information content (AvgIpc) is 2.88. The van der Waals surface area contributed by atoms with E-state index in [0.29, 0.717) is 19.4 Å². The van der Waals surface area contributed by atoms with E-state index in [0.717, 1.165) is 12.2 Å². The van der Waals surface area contributed by atoms with Gasteiger partial charge in [0.25, 0.3) is 0 Å². The number of aryl methyl sites for hydroxylation is 1. The van der Waals surface area contributed by atoms with Gasteiger partial charge in [-0.15, -0.1) is 0 Å². The van der Waals surface area contributed by atoms with Crippen molar-refractivity contribution in [1.29, 1.82) is 0 Å². The average molecular weight is 269 g/mol. The van der Waals surface area contributed by atoms with Crippen LogP contribution in [0.2, 0.25) is 0 Å². The third-order valence-electron chi connectivity index (χ3n) is 2.69. The van der Waals surface area contributed by atoms with E-state index in [1.807, 2.05) is 0 Å². The van der Waals surface area contributed by atoms with Gasteiger partial charge in [-0.3, -0.25) is 9.89 Å². The molecular formula is C11H19N5O3. The molecule has 0 aliphatic heterocycles. The van der Waals surface area contributed by atoms with E-state index in [-0.39, 0.29) is 12.6 Å². The first-order valence-electron chi connectivity index (χ1n) is 6.22. The maximum absolute atomic E-state index is 11.4. The van der Waals surface area contributed by atoms with Crippen molar-refractivity contribution in [2.75, 3.05) is 13.1 Å². The molecule has 2 amide bonds. The highest BCUT2D eigenvalue weighted by Crippen LogP contribution is 2.00. The summed E-state index contributed by atoms with van der Waals surface area (Å²) in [5.41, 5.74) is 0. The molecule has 0 spiro atoms. The van der Waals surface area contributed by atoms with Crippen LogP contribution in [-0.4, -0.2) is 45.4 Å². The molecule has 1 aromatic heterocycles. The molecule has 106 valence electrons. The highest BCUT2D eigenvalue weighted by Gasteiger charge is 2.15. The Balaban J connectivity index is 2.09. The summed E-state index contributed by atoms with van der Waals surface area (Å²) in [5.74, 6) is -0.660. The molecule has 0 aromatic carbocycles. The molecule has 8 nitrogen and oxygen atoms in total. The summed E-state index contributed by atoms with van der Waals surface area (Å²) in [6.45, 7) is 2.41. The van der Waals surface area contributed by atoms with Crippen molar-refractivity contribution in [3.8, 4) is 0 Å². The zero-order valence-electron chi connectivity index (χ0n) is 10.8. The molecule has 0 radical (unpaired) electrons. The lowest BCUT2D eigenvalue weighted by atomic mass is 10.1. The van der Waals surface area contributed by atoms with Crippen LogP contribution in [0.15, 0.2) is 6.33 Å². The van der Waals surface area contributed by atoms with E-state index in [1.54, 1.807) is 6.92 Å². The molecule has 4 N–H and O–H groups in total. The van der Waals surface area contributed by atoms with Crippen LogP contribution in [0.4, 0.5) is 4.79 Å². The van der Waals surface area contributed by atoms with Crippen LogP contribution in [0.5, 0.6) is 0 Å². The number of carbonyl (C=O) groups excluding carboxylic acids is 1. The Morgan fingerprint density at radius 1 is 1.47 bits per heavy atom. The first-order chi connectivity index (χ1) is 9.13. The molecule has 0 fully saturated rings. The molecule has 0 aliphatic carbocycles. The molecule has 0 bridgehead atoms. The minimum Gasteiger partial charge on any atom is -0.481 e. The van der Waals surface area contributed by atoms with Crippen molar-refractivity contribution in [2.45, 2.75) is 26.2 Å². The number of rotatable bonds is 8. The number of carboxylic acids is 1. The molecule has 1 atom stereocenters. The topological polar surface area (TPSA) is 120 Å². The number of carboxylic acid groups (broad SMARTS) is 1. The van der Waals surface area contributed by atoms with Gasteiger partial charge in [-0.1, -0.05) is 6.92 Å². The van der Waals surface area contributed by atoms with Gasteiger partial charge in [0.15, 0.2) is 0 Å². The van der Waals surface area contributed by atoms with E-state index >= 15 is 0 Å². The van der Waals surface area contributed by atoms with Crippen LogP contribution in [0.25, 0.3) is 0 Å². The standard InChI is InChI=1S/C11H19N5O3/c1-2-8(10(17)18)6-13-11(19)12-5-3-4-9-14-7-15-16-9/h7-8H,2-6H2,1H3,(H,17,18)(H2,12,13,19)(H,14,15,16). The number of H-pyrrole nitrogens is 1. The van der Waals surface area contributed by atoms with Gasteiger partial charge in [-0.25, -0.2) is 9.78 Å². The van der Waals surface area contributed by atoms with Gasteiger partial charge in [-0.05, 0) is 12.8 Å². The first-order valence-corrected chi connectivity index (χ1v) is 6.22. The third-order valence-corrected chi connectivity index (χ3v) is 2.69. The van der Waals surface area contributed by atoms with Crippen molar-refractivity contribution in [3.63, 3.8) is 0 Å². The van der Waals surface area contributed by atoms with Crippen molar-refractivity contribution in [1.82, 2.24) is 25.8 Å². The second-order valence-electron chi connectivity index (χ2n) is 4.12. The van der Waals surface area contributed by atoms with Gasteiger partial charge < -0.3 is 15.7 Å². The molecule has 0 saturated heterocycles. The first kappa shape index (κ1) is 14.9. The van der Waals surface area contributed by atoms with Gasteiger partial charge in [0, 0.05) is 19.5 Å². The number of amides is 2. The summed E-state index contributed by atoms with van der Waals surface area (Å²) in [6, 6.07) is -0.350. The van der Waals surface area contributed by atoms with Crippen LogP contribution in [-0.2, 0) is 11.2 Å². The highest BCUT2D eigenvalue weighted by molar-refractivity contribution is 5.75.